The third-order valence-corrected chi connectivity index (χ3v) is 5.52. The maximum Gasteiger partial charge on any atom is 0.261 e. The fourth-order valence-corrected chi connectivity index (χ4v) is 3.98. The summed E-state index contributed by atoms with van der Waals surface area (Å²) in [6.07, 6.45) is 4.56. The van der Waals surface area contributed by atoms with Crippen LogP contribution in [0.3, 0.4) is 0 Å². The molecule has 0 saturated heterocycles. The molecule has 1 heterocycles. The lowest BCUT2D eigenvalue weighted by Gasteiger charge is -2.25. The van der Waals surface area contributed by atoms with E-state index in [0.717, 1.165) is 12.8 Å². The Bertz CT molecular complexity index is 712. The van der Waals surface area contributed by atoms with Crippen LogP contribution in [0.15, 0.2) is 41.8 Å². The average Bonchev–Trinajstić information content (AvgIpc) is 3.18. The standard InChI is InChI=1S/C20H24N2O2S/c23-19(11-4-12-21-20(24)18-10-5-13-25-18)22-14-16-8-3-7-15-6-1-2-9-17(15)16/h1-2,5-6,9-10,13,16H,3-4,7-8,11-12,14H2,(H,21,24)(H,22,23). The van der Waals surface area contributed by atoms with Crippen LogP contribution in [0.1, 0.15) is 52.4 Å². The molecule has 1 aromatic carbocycles. The molecule has 0 aliphatic heterocycles. The largest absolute Gasteiger partial charge is 0.355 e. The van der Waals surface area contributed by atoms with Gasteiger partial charge in [0.1, 0.15) is 0 Å². The van der Waals surface area contributed by atoms with Crippen LogP contribution in [-0.4, -0.2) is 24.9 Å². The molecule has 1 aliphatic rings. The molecule has 1 aliphatic carbocycles. The van der Waals surface area contributed by atoms with Gasteiger partial charge >= 0.3 is 0 Å². The van der Waals surface area contributed by atoms with Crippen molar-refractivity contribution in [1.29, 1.82) is 0 Å². The van der Waals surface area contributed by atoms with Gasteiger partial charge in [-0.15, -0.1) is 11.3 Å². The second-order valence-corrected chi connectivity index (χ2v) is 7.38. The summed E-state index contributed by atoms with van der Waals surface area (Å²) in [6, 6.07) is 12.2. The van der Waals surface area contributed by atoms with E-state index in [1.807, 2.05) is 11.4 Å². The zero-order valence-electron chi connectivity index (χ0n) is 14.3. The molecule has 1 atom stereocenters. The first-order valence-electron chi connectivity index (χ1n) is 8.90. The van der Waals surface area contributed by atoms with Crippen molar-refractivity contribution in [2.75, 3.05) is 13.1 Å². The molecule has 0 saturated carbocycles. The quantitative estimate of drug-likeness (QED) is 0.746. The zero-order chi connectivity index (χ0) is 17.5. The number of carbonyl (C=O) groups excluding carboxylic acids is 2. The van der Waals surface area contributed by atoms with Gasteiger partial charge in [0, 0.05) is 25.4 Å². The van der Waals surface area contributed by atoms with Gasteiger partial charge in [-0.2, -0.15) is 0 Å². The number of amides is 2. The third-order valence-electron chi connectivity index (χ3n) is 4.65. The molecule has 25 heavy (non-hydrogen) atoms. The average molecular weight is 356 g/mol. The van der Waals surface area contributed by atoms with Crippen molar-refractivity contribution in [2.24, 2.45) is 0 Å². The topological polar surface area (TPSA) is 58.2 Å². The molecule has 1 aromatic heterocycles. The van der Waals surface area contributed by atoms with Crippen LogP contribution in [0, 0.1) is 0 Å². The van der Waals surface area contributed by atoms with E-state index in [2.05, 4.69) is 34.9 Å². The molecule has 2 N–H and O–H groups in total. The third kappa shape index (κ3) is 4.92. The van der Waals surface area contributed by atoms with E-state index in [4.69, 9.17) is 0 Å². The molecule has 3 rings (SSSR count). The van der Waals surface area contributed by atoms with Crippen molar-refractivity contribution >= 4 is 23.2 Å². The lowest BCUT2D eigenvalue weighted by atomic mass is 9.83. The molecule has 0 fully saturated rings. The second-order valence-electron chi connectivity index (χ2n) is 6.43. The highest BCUT2D eigenvalue weighted by Gasteiger charge is 2.20. The smallest absolute Gasteiger partial charge is 0.261 e. The van der Waals surface area contributed by atoms with Crippen LogP contribution in [0.4, 0.5) is 0 Å². The van der Waals surface area contributed by atoms with E-state index in [-0.39, 0.29) is 11.8 Å². The fraction of sp³-hybridized carbons (Fsp3) is 0.400. The van der Waals surface area contributed by atoms with Crippen molar-refractivity contribution in [3.8, 4) is 0 Å². The van der Waals surface area contributed by atoms with Gasteiger partial charge in [0.05, 0.1) is 4.88 Å². The lowest BCUT2D eigenvalue weighted by Crippen LogP contribution is -2.31. The van der Waals surface area contributed by atoms with Crippen molar-refractivity contribution in [1.82, 2.24) is 10.6 Å². The Kier molecular flexibility index (Phi) is 6.23. The van der Waals surface area contributed by atoms with Gasteiger partial charge in [-0.05, 0) is 48.3 Å². The van der Waals surface area contributed by atoms with Crippen LogP contribution in [-0.2, 0) is 11.2 Å². The molecule has 2 amide bonds. The number of thiophene rings is 1. The molecule has 4 nitrogen and oxygen atoms in total. The van der Waals surface area contributed by atoms with Crippen LogP contribution in [0.25, 0.3) is 0 Å². The molecule has 132 valence electrons. The maximum absolute atomic E-state index is 12.0. The summed E-state index contributed by atoms with van der Waals surface area (Å²) in [7, 11) is 0. The van der Waals surface area contributed by atoms with Crippen LogP contribution >= 0.6 is 11.3 Å². The number of carbonyl (C=O) groups is 2. The van der Waals surface area contributed by atoms with Crippen molar-refractivity contribution in [2.45, 2.75) is 38.0 Å². The first-order chi connectivity index (χ1) is 12.2. The Morgan fingerprint density at radius 3 is 2.84 bits per heavy atom. The summed E-state index contributed by atoms with van der Waals surface area (Å²) >= 11 is 1.42. The summed E-state index contributed by atoms with van der Waals surface area (Å²) in [5.41, 5.74) is 2.81. The lowest BCUT2D eigenvalue weighted by molar-refractivity contribution is -0.121. The molecule has 5 heteroatoms. The minimum Gasteiger partial charge on any atom is -0.355 e. The first-order valence-corrected chi connectivity index (χ1v) is 9.78. The van der Waals surface area contributed by atoms with E-state index in [1.165, 1.54) is 28.9 Å². The van der Waals surface area contributed by atoms with Crippen LogP contribution < -0.4 is 10.6 Å². The number of hydrogen-bond acceptors (Lipinski definition) is 3. The summed E-state index contributed by atoms with van der Waals surface area (Å²) in [5.74, 6) is 0.426. The minimum absolute atomic E-state index is 0.0609. The van der Waals surface area contributed by atoms with Gasteiger partial charge in [0.15, 0.2) is 0 Å². The van der Waals surface area contributed by atoms with Gasteiger partial charge in [0.25, 0.3) is 5.91 Å². The highest BCUT2D eigenvalue weighted by Crippen LogP contribution is 2.30. The van der Waals surface area contributed by atoms with E-state index in [9.17, 15) is 9.59 Å². The predicted molar refractivity (Wildman–Crippen MR) is 101 cm³/mol. The summed E-state index contributed by atoms with van der Waals surface area (Å²) in [4.78, 5) is 24.6. The Morgan fingerprint density at radius 2 is 2.00 bits per heavy atom. The number of rotatable bonds is 7. The predicted octanol–water partition coefficient (Wildman–Crippen LogP) is 3.49. The Balaban J connectivity index is 1.36. The fourth-order valence-electron chi connectivity index (χ4n) is 3.34. The van der Waals surface area contributed by atoms with E-state index < -0.39 is 0 Å². The van der Waals surface area contributed by atoms with Crippen LogP contribution in [0.2, 0.25) is 0 Å². The van der Waals surface area contributed by atoms with E-state index >= 15 is 0 Å². The monoisotopic (exact) mass is 356 g/mol. The molecular formula is C20H24N2O2S. The number of nitrogens with one attached hydrogen (secondary N) is 2. The highest BCUT2D eigenvalue weighted by atomic mass is 32.1. The number of fused-ring (bicyclic) bond motifs is 1. The second kappa shape index (κ2) is 8.81. The Morgan fingerprint density at radius 1 is 1.12 bits per heavy atom. The van der Waals surface area contributed by atoms with E-state index in [0.29, 0.717) is 36.7 Å². The van der Waals surface area contributed by atoms with Gasteiger partial charge in [-0.1, -0.05) is 30.3 Å². The summed E-state index contributed by atoms with van der Waals surface area (Å²) in [6.45, 7) is 1.23. The molecule has 2 aromatic rings. The Hall–Kier alpha value is -2.14. The highest BCUT2D eigenvalue weighted by molar-refractivity contribution is 7.12. The van der Waals surface area contributed by atoms with Gasteiger partial charge < -0.3 is 10.6 Å². The molecule has 1 unspecified atom stereocenters. The van der Waals surface area contributed by atoms with E-state index in [1.54, 1.807) is 6.07 Å². The zero-order valence-corrected chi connectivity index (χ0v) is 15.1. The summed E-state index contributed by atoms with van der Waals surface area (Å²) in [5, 5.41) is 7.79. The summed E-state index contributed by atoms with van der Waals surface area (Å²) < 4.78 is 0. The number of hydrogen-bond donors (Lipinski definition) is 2. The molecule has 0 bridgehead atoms. The van der Waals surface area contributed by atoms with Crippen molar-refractivity contribution in [3.63, 3.8) is 0 Å². The maximum atomic E-state index is 12.0. The van der Waals surface area contributed by atoms with Gasteiger partial charge in [0.2, 0.25) is 5.91 Å². The number of aryl methyl sites for hydroxylation is 1. The Labute approximate surface area is 152 Å². The molecular weight excluding hydrogens is 332 g/mol. The van der Waals surface area contributed by atoms with Crippen LogP contribution in [0.5, 0.6) is 0 Å². The minimum atomic E-state index is -0.0609. The molecule has 0 radical (unpaired) electrons. The van der Waals surface area contributed by atoms with Gasteiger partial charge in [-0.25, -0.2) is 0 Å². The first kappa shape index (κ1) is 17.7. The SMILES string of the molecule is O=C(CCCNC(=O)c1cccs1)NCC1CCCc2ccccc21. The molecule has 0 spiro atoms. The number of benzene rings is 1. The van der Waals surface area contributed by atoms with Crippen molar-refractivity contribution in [3.05, 3.63) is 57.8 Å². The van der Waals surface area contributed by atoms with Gasteiger partial charge in [-0.3, -0.25) is 9.59 Å². The normalized spacial score (nSPS) is 16.1. The van der Waals surface area contributed by atoms with Crippen molar-refractivity contribution < 1.29 is 9.59 Å².